The van der Waals surface area contributed by atoms with Crippen LogP contribution in [0.2, 0.25) is 0 Å². The highest BCUT2D eigenvalue weighted by atomic mass is 32.1. The van der Waals surface area contributed by atoms with Crippen molar-refractivity contribution >= 4 is 22.7 Å². The molecule has 0 aliphatic rings. The monoisotopic (exact) mass is 266 g/mol. The van der Waals surface area contributed by atoms with Gasteiger partial charge in [0.1, 0.15) is 5.01 Å². The van der Waals surface area contributed by atoms with E-state index in [1.165, 1.54) is 15.3 Å². The van der Waals surface area contributed by atoms with Crippen molar-refractivity contribution in [1.29, 1.82) is 0 Å². The molecule has 0 aromatic carbocycles. The van der Waals surface area contributed by atoms with Gasteiger partial charge in [0, 0.05) is 26.7 Å². The van der Waals surface area contributed by atoms with Crippen LogP contribution in [0.25, 0.3) is 10.6 Å². The summed E-state index contributed by atoms with van der Waals surface area (Å²) in [5.41, 5.74) is 2.45. The molecule has 0 radical (unpaired) electrons. The van der Waals surface area contributed by atoms with Crippen molar-refractivity contribution in [2.45, 2.75) is 33.7 Å². The Morgan fingerprint density at radius 2 is 2.18 bits per heavy atom. The van der Waals surface area contributed by atoms with Gasteiger partial charge in [-0.05, 0) is 33.4 Å². The SMILES string of the molecule is CCNC(C)c1csc(-c2cc(C)sc2C)n1. The Bertz CT molecular complexity index is 499. The quantitative estimate of drug-likeness (QED) is 0.899. The van der Waals surface area contributed by atoms with Crippen LogP contribution in [-0.2, 0) is 0 Å². The molecule has 0 spiro atoms. The molecule has 92 valence electrons. The first-order valence-electron chi connectivity index (χ1n) is 5.88. The predicted molar refractivity (Wildman–Crippen MR) is 77.0 cm³/mol. The van der Waals surface area contributed by atoms with Gasteiger partial charge in [0.25, 0.3) is 0 Å². The Balaban J connectivity index is 2.26. The highest BCUT2D eigenvalue weighted by Crippen LogP contribution is 2.33. The summed E-state index contributed by atoms with van der Waals surface area (Å²) in [6.45, 7) is 9.58. The normalized spacial score (nSPS) is 12.9. The zero-order chi connectivity index (χ0) is 12.4. The Kier molecular flexibility index (Phi) is 3.97. The number of hydrogen-bond acceptors (Lipinski definition) is 4. The van der Waals surface area contributed by atoms with Gasteiger partial charge < -0.3 is 5.32 Å². The van der Waals surface area contributed by atoms with Crippen molar-refractivity contribution in [3.63, 3.8) is 0 Å². The van der Waals surface area contributed by atoms with Crippen molar-refractivity contribution in [3.05, 3.63) is 26.9 Å². The second-order valence-corrected chi connectivity index (χ2v) is 6.50. The highest BCUT2D eigenvalue weighted by Gasteiger charge is 2.12. The third kappa shape index (κ3) is 2.76. The fourth-order valence-corrected chi connectivity index (χ4v) is 3.84. The average Bonchev–Trinajstić information content (AvgIpc) is 2.85. The Morgan fingerprint density at radius 3 is 2.76 bits per heavy atom. The molecule has 0 saturated heterocycles. The van der Waals surface area contributed by atoms with E-state index in [4.69, 9.17) is 4.98 Å². The van der Waals surface area contributed by atoms with Crippen LogP contribution in [0.1, 0.15) is 35.3 Å². The highest BCUT2D eigenvalue weighted by molar-refractivity contribution is 7.15. The summed E-state index contributed by atoms with van der Waals surface area (Å²) in [6, 6.07) is 2.57. The van der Waals surface area contributed by atoms with E-state index in [1.807, 2.05) is 11.3 Å². The van der Waals surface area contributed by atoms with Gasteiger partial charge in [-0.2, -0.15) is 0 Å². The summed E-state index contributed by atoms with van der Waals surface area (Å²) in [6.07, 6.45) is 0. The van der Waals surface area contributed by atoms with Crippen LogP contribution < -0.4 is 5.32 Å². The van der Waals surface area contributed by atoms with Gasteiger partial charge >= 0.3 is 0 Å². The standard InChI is InChI=1S/C13H18N2S2/c1-5-14-9(3)12-7-16-13(15-12)11-6-8(2)17-10(11)4/h6-7,9,14H,5H2,1-4H3. The van der Waals surface area contributed by atoms with Gasteiger partial charge in [-0.1, -0.05) is 6.92 Å². The fraction of sp³-hybridized carbons (Fsp3) is 0.462. The first-order chi connectivity index (χ1) is 8.11. The van der Waals surface area contributed by atoms with Crippen molar-refractivity contribution < 1.29 is 0 Å². The summed E-state index contributed by atoms with van der Waals surface area (Å²) in [5.74, 6) is 0. The van der Waals surface area contributed by atoms with Crippen LogP contribution in [0.5, 0.6) is 0 Å². The summed E-state index contributed by atoms with van der Waals surface area (Å²) in [7, 11) is 0. The van der Waals surface area contributed by atoms with E-state index in [0.717, 1.165) is 17.2 Å². The number of hydrogen-bond donors (Lipinski definition) is 1. The number of rotatable bonds is 4. The topological polar surface area (TPSA) is 24.9 Å². The van der Waals surface area contributed by atoms with E-state index in [9.17, 15) is 0 Å². The second kappa shape index (κ2) is 5.29. The third-order valence-electron chi connectivity index (χ3n) is 2.75. The maximum absolute atomic E-state index is 4.74. The lowest BCUT2D eigenvalue weighted by molar-refractivity contribution is 0.587. The van der Waals surface area contributed by atoms with Crippen molar-refractivity contribution in [2.75, 3.05) is 6.54 Å². The molecule has 0 bridgehead atoms. The van der Waals surface area contributed by atoms with Gasteiger partial charge in [-0.3, -0.25) is 0 Å². The fourth-order valence-electron chi connectivity index (χ4n) is 1.86. The molecule has 1 N–H and O–H groups in total. The Morgan fingerprint density at radius 1 is 1.41 bits per heavy atom. The number of aryl methyl sites for hydroxylation is 2. The van der Waals surface area contributed by atoms with E-state index in [0.29, 0.717) is 6.04 Å². The van der Waals surface area contributed by atoms with E-state index in [1.54, 1.807) is 11.3 Å². The van der Waals surface area contributed by atoms with Crippen LogP contribution in [0.4, 0.5) is 0 Å². The maximum Gasteiger partial charge on any atom is 0.124 e. The van der Waals surface area contributed by atoms with Gasteiger partial charge in [0.05, 0.1) is 5.69 Å². The molecule has 1 unspecified atom stereocenters. The van der Waals surface area contributed by atoms with Crippen molar-refractivity contribution in [3.8, 4) is 10.6 Å². The molecule has 4 heteroatoms. The summed E-state index contributed by atoms with van der Waals surface area (Å²) in [4.78, 5) is 7.45. The third-order valence-corrected chi connectivity index (χ3v) is 4.61. The van der Waals surface area contributed by atoms with Crippen LogP contribution >= 0.6 is 22.7 Å². The van der Waals surface area contributed by atoms with Crippen LogP contribution in [-0.4, -0.2) is 11.5 Å². The first-order valence-corrected chi connectivity index (χ1v) is 7.57. The molecule has 1 atom stereocenters. The number of nitrogens with one attached hydrogen (secondary N) is 1. The summed E-state index contributed by atoms with van der Waals surface area (Å²) in [5, 5.41) is 6.70. The summed E-state index contributed by atoms with van der Waals surface area (Å²) >= 11 is 3.58. The van der Waals surface area contributed by atoms with Gasteiger partial charge in [0.15, 0.2) is 0 Å². The maximum atomic E-state index is 4.74. The number of nitrogens with zero attached hydrogens (tertiary/aromatic N) is 1. The predicted octanol–water partition coefficient (Wildman–Crippen LogP) is 4.16. The first kappa shape index (κ1) is 12.7. The molecule has 2 heterocycles. The van der Waals surface area contributed by atoms with Crippen LogP contribution in [0.15, 0.2) is 11.4 Å². The molecule has 0 aliphatic heterocycles. The molecule has 0 aliphatic carbocycles. The largest absolute Gasteiger partial charge is 0.309 e. The molecule has 2 aromatic heterocycles. The minimum atomic E-state index is 0.338. The molecule has 0 saturated carbocycles. The Hall–Kier alpha value is -0.710. The van der Waals surface area contributed by atoms with E-state index in [2.05, 4.69) is 44.5 Å². The molecule has 17 heavy (non-hydrogen) atoms. The molecule has 2 aromatic rings. The Labute approximate surface area is 111 Å². The minimum absolute atomic E-state index is 0.338. The number of aromatic nitrogens is 1. The lowest BCUT2D eigenvalue weighted by Gasteiger charge is -2.08. The van der Waals surface area contributed by atoms with E-state index >= 15 is 0 Å². The smallest absolute Gasteiger partial charge is 0.124 e. The average molecular weight is 266 g/mol. The van der Waals surface area contributed by atoms with E-state index < -0.39 is 0 Å². The number of thiophene rings is 1. The molecular weight excluding hydrogens is 248 g/mol. The minimum Gasteiger partial charge on any atom is -0.309 e. The molecule has 2 rings (SSSR count). The van der Waals surface area contributed by atoms with Crippen molar-refractivity contribution in [2.24, 2.45) is 0 Å². The zero-order valence-electron chi connectivity index (χ0n) is 10.7. The number of thiazole rings is 1. The summed E-state index contributed by atoms with van der Waals surface area (Å²) < 4.78 is 0. The van der Waals surface area contributed by atoms with E-state index in [-0.39, 0.29) is 0 Å². The molecule has 2 nitrogen and oxygen atoms in total. The second-order valence-electron chi connectivity index (χ2n) is 4.18. The van der Waals surface area contributed by atoms with Gasteiger partial charge in [-0.15, -0.1) is 22.7 Å². The van der Waals surface area contributed by atoms with Crippen molar-refractivity contribution in [1.82, 2.24) is 10.3 Å². The van der Waals surface area contributed by atoms with Crippen LogP contribution in [0, 0.1) is 13.8 Å². The molecule has 0 amide bonds. The van der Waals surface area contributed by atoms with Gasteiger partial charge in [0.2, 0.25) is 0 Å². The van der Waals surface area contributed by atoms with Gasteiger partial charge in [-0.25, -0.2) is 4.98 Å². The van der Waals surface area contributed by atoms with Crippen LogP contribution in [0.3, 0.4) is 0 Å². The lowest BCUT2D eigenvalue weighted by Crippen LogP contribution is -2.17. The lowest BCUT2D eigenvalue weighted by atomic mass is 10.2. The molecular formula is C13H18N2S2. The zero-order valence-corrected chi connectivity index (χ0v) is 12.3. The molecule has 0 fully saturated rings.